The number of nitrogens with one attached hydrogen (secondary N) is 2. The quantitative estimate of drug-likeness (QED) is 0.0113. The second kappa shape index (κ2) is 22.4. The number of anilines is 1. The van der Waals surface area contributed by atoms with Crippen LogP contribution in [0.5, 0.6) is 0 Å². The fourth-order valence-electron chi connectivity index (χ4n) is 14.0. The van der Waals surface area contributed by atoms with E-state index in [4.69, 9.17) is 29.8 Å². The molecule has 17 nitrogen and oxygen atoms in total. The first kappa shape index (κ1) is 56.0. The number of benzene rings is 3. The number of nitrogen functional groups attached to an aromatic ring is 1. The monoisotopic (exact) mass is 1080 g/mol. The molecule has 0 spiro atoms. The minimum atomic E-state index is -5.22. The zero-order valence-electron chi connectivity index (χ0n) is 43.6. The maximum atomic E-state index is 13.7. The van der Waals surface area contributed by atoms with Crippen LogP contribution >= 0.6 is 0 Å². The number of carbonyl (C=O) groups excluding carboxylic acids is 2. The lowest BCUT2D eigenvalue weighted by molar-refractivity contribution is -0.0581. The van der Waals surface area contributed by atoms with Gasteiger partial charge in [0, 0.05) is 48.1 Å². The maximum absolute atomic E-state index is 13.7. The summed E-state index contributed by atoms with van der Waals surface area (Å²) in [4.78, 5) is 37.6. The summed E-state index contributed by atoms with van der Waals surface area (Å²) < 4.78 is 93.5. The molecule has 7 N–H and O–H groups in total. The third-order valence-electron chi connectivity index (χ3n) is 17.5. The summed E-state index contributed by atoms with van der Waals surface area (Å²) in [6, 6.07) is 8.62. The molecule has 5 aliphatic carbocycles. The number of amides is 1. The number of hydrogen-bond donors (Lipinski definition) is 6. The lowest BCUT2D eigenvalue weighted by Crippen LogP contribution is -2.51. The Morgan fingerprint density at radius 2 is 1.59 bits per heavy atom. The van der Waals surface area contributed by atoms with Crippen molar-refractivity contribution in [1.82, 2.24) is 5.32 Å². The fraction of sp³-hybridized carbons (Fsp3) is 0.571. The van der Waals surface area contributed by atoms with E-state index in [1.807, 2.05) is 0 Å². The molecule has 0 saturated heterocycles. The highest BCUT2D eigenvalue weighted by Crippen LogP contribution is 2.67. The topological polar surface area (TPSA) is 283 Å². The number of aromatic carboxylic acids is 1. The minimum absolute atomic E-state index is 0.127. The van der Waals surface area contributed by atoms with Crippen LogP contribution in [0.2, 0.25) is 0 Å². The first-order valence-corrected chi connectivity index (χ1v) is 29.3. The van der Waals surface area contributed by atoms with Gasteiger partial charge in [0.2, 0.25) is 0 Å². The van der Waals surface area contributed by atoms with Gasteiger partial charge in [0.15, 0.2) is 26.9 Å². The molecule has 3 fully saturated rings. The van der Waals surface area contributed by atoms with Crippen LogP contribution in [0.15, 0.2) is 68.3 Å². The van der Waals surface area contributed by atoms with Crippen LogP contribution in [0.3, 0.4) is 0 Å². The van der Waals surface area contributed by atoms with E-state index in [1.165, 1.54) is 80.9 Å². The molecule has 3 saturated carbocycles. The fourth-order valence-corrected chi connectivity index (χ4v) is 15.5. The largest absolute Gasteiger partial charge is 0.478 e. The van der Waals surface area contributed by atoms with Crippen molar-refractivity contribution in [2.24, 2.45) is 46.3 Å². The smallest absolute Gasteiger partial charge is 0.407 e. The summed E-state index contributed by atoms with van der Waals surface area (Å²) >= 11 is 0. The number of Topliss-reactive ketones (excluding diaryl/α,β-unsaturated/α-hetero) is 1. The summed E-state index contributed by atoms with van der Waals surface area (Å²) in [7, 11) is -10.4. The number of rotatable bonds is 21. The molecule has 1 amide bonds. The molecule has 0 aromatic heterocycles. The van der Waals surface area contributed by atoms with Crippen molar-refractivity contribution in [2.45, 2.75) is 134 Å². The van der Waals surface area contributed by atoms with Crippen LogP contribution in [0.4, 0.5) is 10.5 Å². The van der Waals surface area contributed by atoms with Crippen molar-refractivity contribution in [3.8, 4) is 22.5 Å². The molecule has 2 aromatic carbocycles. The first-order valence-electron chi connectivity index (χ1n) is 26.5. The van der Waals surface area contributed by atoms with Crippen LogP contribution in [0, 0.1) is 51.7 Å². The van der Waals surface area contributed by atoms with E-state index in [9.17, 15) is 45.4 Å². The molecule has 75 heavy (non-hydrogen) atoms. The average molecular weight is 1080 g/mol. The van der Waals surface area contributed by atoms with Gasteiger partial charge in [-0.15, -0.1) is 0 Å². The highest BCUT2D eigenvalue weighted by Gasteiger charge is 2.59. The summed E-state index contributed by atoms with van der Waals surface area (Å²) in [6.45, 7) is 13.3. The van der Waals surface area contributed by atoms with Crippen LogP contribution in [0.25, 0.3) is 33.4 Å². The number of carbonyl (C=O) groups is 3. The number of fused-ring (bicyclic) bond motifs is 7. The van der Waals surface area contributed by atoms with E-state index < -0.39 is 75.8 Å². The van der Waals surface area contributed by atoms with Gasteiger partial charge in [-0.2, -0.15) is 16.8 Å². The molecule has 0 radical (unpaired) electrons. The zero-order valence-corrected chi connectivity index (χ0v) is 45.2. The van der Waals surface area contributed by atoms with E-state index in [1.54, 1.807) is 0 Å². The van der Waals surface area contributed by atoms with E-state index in [0.717, 1.165) is 67.4 Å². The number of ether oxygens (including phenoxy) is 3. The number of hydrogen-bond acceptors (Lipinski definition) is 13. The third kappa shape index (κ3) is 11.4. The predicted molar refractivity (Wildman–Crippen MR) is 282 cm³/mol. The van der Waals surface area contributed by atoms with Gasteiger partial charge in [-0.3, -0.25) is 19.3 Å². The molecule has 1 aliphatic heterocycles. The minimum Gasteiger partial charge on any atom is -0.478 e. The number of alkyl carbamates (subject to hydrolysis) is 1. The van der Waals surface area contributed by atoms with Gasteiger partial charge in [-0.25, -0.2) is 9.59 Å². The van der Waals surface area contributed by atoms with E-state index in [0.29, 0.717) is 11.3 Å². The Labute approximate surface area is 439 Å². The van der Waals surface area contributed by atoms with Crippen LogP contribution in [-0.2, 0) is 34.4 Å². The zero-order chi connectivity index (χ0) is 54.2. The molecular formula is C56H73N3O14S2. The van der Waals surface area contributed by atoms with Crippen LogP contribution in [0.1, 0.15) is 139 Å². The van der Waals surface area contributed by atoms with Crippen molar-refractivity contribution >= 4 is 54.7 Å². The van der Waals surface area contributed by atoms with Crippen LogP contribution in [-0.4, -0.2) is 88.0 Å². The lowest BCUT2D eigenvalue weighted by Gasteiger charge is -2.58. The average Bonchev–Trinajstić information content (AvgIpc) is 3.74. The highest BCUT2D eigenvalue weighted by atomic mass is 32.2. The normalized spacial score (nSPS) is 25.1. The van der Waals surface area contributed by atoms with E-state index in [2.05, 4.69) is 46.0 Å². The molecule has 2 aromatic rings. The van der Waals surface area contributed by atoms with E-state index in [-0.39, 0.29) is 85.0 Å². The van der Waals surface area contributed by atoms with Gasteiger partial charge >= 0.3 is 12.1 Å². The van der Waals surface area contributed by atoms with Gasteiger partial charge in [-0.1, -0.05) is 83.7 Å². The Kier molecular flexibility index (Phi) is 16.8. The van der Waals surface area contributed by atoms with E-state index >= 15 is 0 Å². The molecule has 0 bridgehead atoms. The number of carboxylic acid groups (broad SMARTS) is 1. The summed E-state index contributed by atoms with van der Waals surface area (Å²) in [5, 5.41) is 20.7. The Hall–Kier alpha value is -5.18. The Bertz CT molecular complexity index is 3120. The molecule has 8 atom stereocenters. The highest BCUT2D eigenvalue weighted by molar-refractivity contribution is 7.86. The second-order valence-electron chi connectivity index (χ2n) is 22.4. The predicted octanol–water partition coefficient (Wildman–Crippen LogP) is 10.6. The summed E-state index contributed by atoms with van der Waals surface area (Å²) in [6.07, 6.45) is 15.1. The van der Waals surface area contributed by atoms with Crippen molar-refractivity contribution in [3.63, 3.8) is 0 Å². The van der Waals surface area contributed by atoms with Crippen LogP contribution < -0.4 is 16.4 Å². The molecule has 6 aliphatic rings. The Morgan fingerprint density at radius 1 is 0.853 bits per heavy atom. The van der Waals surface area contributed by atoms with Crippen molar-refractivity contribution in [1.29, 1.82) is 5.41 Å². The number of carboxylic acids is 1. The standard InChI is InChI=1S/C56H73N3O14S2/c1-32(2)9-6-10-33(3)41-18-19-42-36-15-14-34-31-35(22-24-55(34,4)43(36)23-25-56(41,42)5)72-54(63)59-26-28-71-30-29-70-27-8-13-46(60)37-11-7-12-38(48(37)53(61)62)47-39-16-20-44(57)51(74(64,65)66)49(39)73-50-40(47)17-21-45(58)52(50)75(67,68)69/h7,11-12,14,16-17,20-21,32-33,35-36,41-43,57H,6,8-10,13,15,18-19,22-31,58H2,1-5H3,(H,59,63)(H,61,62)(H,64,65,66)(H,67,68,69)/t33-,35-,36+,41-,42+,43+,55+,56-/m1/s1. The second-order valence-corrected chi connectivity index (χ2v) is 25.1. The number of allylic oxidation sites excluding steroid dienone is 1. The summed E-state index contributed by atoms with van der Waals surface area (Å²) in [5.41, 5.74) is 5.59. The van der Waals surface area contributed by atoms with Crippen molar-refractivity contribution in [2.75, 3.05) is 38.7 Å². The Morgan fingerprint density at radius 3 is 2.29 bits per heavy atom. The molecule has 408 valence electrons. The van der Waals surface area contributed by atoms with Gasteiger partial charge in [0.25, 0.3) is 20.2 Å². The van der Waals surface area contributed by atoms with Crippen molar-refractivity contribution < 1.29 is 64.1 Å². The van der Waals surface area contributed by atoms with Crippen molar-refractivity contribution in [3.05, 3.63) is 70.6 Å². The maximum Gasteiger partial charge on any atom is 0.407 e. The number of ketones is 1. The molecule has 0 unspecified atom stereocenters. The molecule has 8 rings (SSSR count). The SMILES string of the molecule is CC(C)CCC[C@@H](C)[C@H]1CC[C@H]2[C@@H]3CC=C4C[C@H](OC(=O)NCCOCCOCCCC(=O)c5cccc(-c6c7ccc(=N)c(S(=O)(=O)O)c-7oc7c(S(=O)(=O)O)c(N)ccc67)c5C(=O)O)CC[C@]4(C)[C@H]3CC[C@]12C. The first-order chi connectivity index (χ1) is 35.5. The Balaban J connectivity index is 0.799. The van der Waals surface area contributed by atoms with Gasteiger partial charge in [0.1, 0.15) is 6.10 Å². The third-order valence-corrected chi connectivity index (χ3v) is 19.3. The van der Waals surface area contributed by atoms with Gasteiger partial charge in [0.05, 0.1) is 36.4 Å². The summed E-state index contributed by atoms with van der Waals surface area (Å²) in [5.74, 6) is 1.76. The van der Waals surface area contributed by atoms with Gasteiger partial charge in [-0.05, 0) is 128 Å². The molecule has 1 heterocycles. The lowest BCUT2D eigenvalue weighted by atomic mass is 9.47. The van der Waals surface area contributed by atoms with Gasteiger partial charge < -0.3 is 34.8 Å². The number of nitrogens with two attached hydrogens (primary N) is 1. The molecular weight excluding hydrogens is 1000 g/mol. The molecule has 19 heteroatoms.